The molecule has 3 nitrogen and oxygen atoms in total. The summed E-state index contributed by atoms with van der Waals surface area (Å²) in [5.41, 5.74) is 1.69. The molecule has 0 spiro atoms. The van der Waals surface area contributed by atoms with E-state index in [0.717, 1.165) is 11.3 Å². The summed E-state index contributed by atoms with van der Waals surface area (Å²) in [5, 5.41) is 2.80. The van der Waals surface area contributed by atoms with Crippen LogP contribution < -0.4 is 5.32 Å². The van der Waals surface area contributed by atoms with Crippen LogP contribution in [0.1, 0.15) is 32.0 Å². The third kappa shape index (κ3) is 3.05. The second-order valence-corrected chi connectivity index (χ2v) is 4.80. The Bertz CT molecular complexity index is 378. The van der Waals surface area contributed by atoms with Crippen LogP contribution in [0.4, 0.5) is 5.82 Å². The number of hydrogen-bond donors (Lipinski definition) is 1. The van der Waals surface area contributed by atoms with Gasteiger partial charge in [0.2, 0.25) is 5.91 Å². The molecular weight excluding hydrogens is 188 g/mol. The van der Waals surface area contributed by atoms with E-state index in [1.807, 2.05) is 46.8 Å². The van der Waals surface area contributed by atoms with Crippen molar-refractivity contribution in [3.05, 3.63) is 23.4 Å². The third-order valence-electron chi connectivity index (χ3n) is 2.27. The van der Waals surface area contributed by atoms with E-state index in [0.29, 0.717) is 5.82 Å². The van der Waals surface area contributed by atoms with Gasteiger partial charge in [-0.1, -0.05) is 26.8 Å². The SMILES string of the molecule is Cc1ccc(NC(=O)C(C)(C)C)nc1C. The number of anilines is 1. The maximum absolute atomic E-state index is 11.7. The first kappa shape index (κ1) is 11.7. The Balaban J connectivity index is 2.83. The Labute approximate surface area is 90.9 Å². The van der Waals surface area contributed by atoms with E-state index in [1.165, 1.54) is 0 Å². The fourth-order valence-electron chi connectivity index (χ4n) is 1.00. The van der Waals surface area contributed by atoms with Crippen LogP contribution in [0.2, 0.25) is 0 Å². The zero-order chi connectivity index (χ0) is 11.6. The van der Waals surface area contributed by atoms with Gasteiger partial charge in [-0.25, -0.2) is 4.98 Å². The molecule has 0 radical (unpaired) electrons. The minimum atomic E-state index is -0.388. The number of aryl methyl sites for hydroxylation is 2. The number of hydrogen-bond acceptors (Lipinski definition) is 2. The highest BCUT2D eigenvalue weighted by Gasteiger charge is 2.21. The van der Waals surface area contributed by atoms with E-state index in [2.05, 4.69) is 10.3 Å². The van der Waals surface area contributed by atoms with Gasteiger partial charge in [0.1, 0.15) is 5.82 Å². The number of aromatic nitrogens is 1. The van der Waals surface area contributed by atoms with E-state index in [1.54, 1.807) is 0 Å². The van der Waals surface area contributed by atoms with Gasteiger partial charge in [-0.05, 0) is 25.5 Å². The minimum absolute atomic E-state index is 0.0155. The lowest BCUT2D eigenvalue weighted by molar-refractivity contribution is -0.123. The maximum atomic E-state index is 11.7. The first-order valence-corrected chi connectivity index (χ1v) is 5.06. The number of rotatable bonds is 1. The number of nitrogens with one attached hydrogen (secondary N) is 1. The molecule has 0 aliphatic carbocycles. The average molecular weight is 206 g/mol. The van der Waals surface area contributed by atoms with Crippen molar-refractivity contribution in [1.82, 2.24) is 4.98 Å². The van der Waals surface area contributed by atoms with Crippen molar-refractivity contribution < 1.29 is 4.79 Å². The fourth-order valence-corrected chi connectivity index (χ4v) is 1.00. The molecule has 0 saturated carbocycles. The minimum Gasteiger partial charge on any atom is -0.310 e. The molecule has 0 saturated heterocycles. The standard InChI is InChI=1S/C12H18N2O/c1-8-6-7-10(13-9(8)2)14-11(15)12(3,4)5/h6-7H,1-5H3,(H,13,14,15). The Morgan fingerprint density at radius 1 is 1.27 bits per heavy atom. The summed E-state index contributed by atoms with van der Waals surface area (Å²) in [5.74, 6) is 0.608. The highest BCUT2D eigenvalue weighted by atomic mass is 16.2. The summed E-state index contributed by atoms with van der Waals surface area (Å²) in [6.45, 7) is 9.57. The van der Waals surface area contributed by atoms with E-state index in [4.69, 9.17) is 0 Å². The summed E-state index contributed by atoms with van der Waals surface area (Å²) in [6.07, 6.45) is 0. The van der Waals surface area contributed by atoms with Crippen molar-refractivity contribution in [2.24, 2.45) is 5.41 Å². The smallest absolute Gasteiger partial charge is 0.230 e. The van der Waals surface area contributed by atoms with Crippen molar-refractivity contribution >= 4 is 11.7 Å². The van der Waals surface area contributed by atoms with E-state index in [9.17, 15) is 4.79 Å². The zero-order valence-electron chi connectivity index (χ0n) is 10.0. The number of pyridine rings is 1. The van der Waals surface area contributed by atoms with Gasteiger partial charge in [-0.15, -0.1) is 0 Å². The molecule has 82 valence electrons. The van der Waals surface area contributed by atoms with Crippen LogP contribution in [0.15, 0.2) is 12.1 Å². The number of carbonyl (C=O) groups is 1. The van der Waals surface area contributed by atoms with Crippen LogP contribution >= 0.6 is 0 Å². The van der Waals surface area contributed by atoms with Crippen molar-refractivity contribution in [2.45, 2.75) is 34.6 Å². The first-order valence-electron chi connectivity index (χ1n) is 5.06. The lowest BCUT2D eigenvalue weighted by Gasteiger charge is -2.17. The molecular formula is C12H18N2O. The molecule has 0 aliphatic heterocycles. The fraction of sp³-hybridized carbons (Fsp3) is 0.500. The Kier molecular flexibility index (Phi) is 3.12. The summed E-state index contributed by atoms with van der Waals surface area (Å²) in [7, 11) is 0. The van der Waals surface area contributed by atoms with Crippen LogP contribution in [0, 0.1) is 19.3 Å². The summed E-state index contributed by atoms with van der Waals surface area (Å²) in [4.78, 5) is 16.0. The predicted octanol–water partition coefficient (Wildman–Crippen LogP) is 2.68. The summed E-state index contributed by atoms with van der Waals surface area (Å²) < 4.78 is 0. The van der Waals surface area contributed by atoms with Gasteiger partial charge >= 0.3 is 0 Å². The molecule has 0 atom stereocenters. The van der Waals surface area contributed by atoms with Crippen LogP contribution in [-0.2, 0) is 4.79 Å². The second kappa shape index (κ2) is 4.01. The lowest BCUT2D eigenvalue weighted by atomic mass is 9.96. The lowest BCUT2D eigenvalue weighted by Crippen LogP contribution is -2.28. The quantitative estimate of drug-likeness (QED) is 0.767. The normalized spacial score (nSPS) is 11.3. The molecule has 1 rings (SSSR count). The highest BCUT2D eigenvalue weighted by Crippen LogP contribution is 2.17. The van der Waals surface area contributed by atoms with Gasteiger partial charge in [0, 0.05) is 11.1 Å². The summed E-state index contributed by atoms with van der Waals surface area (Å²) in [6, 6.07) is 3.78. The van der Waals surface area contributed by atoms with E-state index >= 15 is 0 Å². The van der Waals surface area contributed by atoms with Gasteiger partial charge < -0.3 is 5.32 Å². The molecule has 1 aromatic rings. The Hall–Kier alpha value is -1.38. The Morgan fingerprint density at radius 2 is 1.87 bits per heavy atom. The molecule has 3 heteroatoms. The zero-order valence-corrected chi connectivity index (χ0v) is 10.0. The number of amides is 1. The van der Waals surface area contributed by atoms with Crippen molar-refractivity contribution in [3.8, 4) is 0 Å². The van der Waals surface area contributed by atoms with Crippen LogP contribution in [0.25, 0.3) is 0 Å². The van der Waals surface area contributed by atoms with Crippen LogP contribution in [-0.4, -0.2) is 10.9 Å². The van der Waals surface area contributed by atoms with E-state index in [-0.39, 0.29) is 11.3 Å². The van der Waals surface area contributed by atoms with Crippen LogP contribution in [0.5, 0.6) is 0 Å². The van der Waals surface area contributed by atoms with Gasteiger partial charge in [0.25, 0.3) is 0 Å². The highest BCUT2D eigenvalue weighted by molar-refractivity contribution is 5.93. The first-order chi connectivity index (χ1) is 6.80. The third-order valence-corrected chi connectivity index (χ3v) is 2.27. The molecule has 0 aliphatic rings. The van der Waals surface area contributed by atoms with E-state index < -0.39 is 0 Å². The molecule has 0 unspecified atom stereocenters. The van der Waals surface area contributed by atoms with Gasteiger partial charge in [-0.3, -0.25) is 4.79 Å². The Morgan fingerprint density at radius 3 is 2.33 bits per heavy atom. The molecule has 1 aromatic heterocycles. The van der Waals surface area contributed by atoms with Gasteiger partial charge in [0.15, 0.2) is 0 Å². The maximum Gasteiger partial charge on any atom is 0.230 e. The monoisotopic (exact) mass is 206 g/mol. The van der Waals surface area contributed by atoms with Gasteiger partial charge in [-0.2, -0.15) is 0 Å². The largest absolute Gasteiger partial charge is 0.310 e. The molecule has 0 fully saturated rings. The number of nitrogens with zero attached hydrogens (tertiary/aromatic N) is 1. The van der Waals surface area contributed by atoms with Crippen LogP contribution in [0.3, 0.4) is 0 Å². The number of carbonyl (C=O) groups excluding carboxylic acids is 1. The molecule has 0 bridgehead atoms. The topological polar surface area (TPSA) is 42.0 Å². The van der Waals surface area contributed by atoms with Crippen molar-refractivity contribution in [3.63, 3.8) is 0 Å². The molecule has 1 N–H and O–H groups in total. The second-order valence-electron chi connectivity index (χ2n) is 4.80. The molecule has 1 heterocycles. The summed E-state index contributed by atoms with van der Waals surface area (Å²) >= 11 is 0. The predicted molar refractivity (Wildman–Crippen MR) is 61.8 cm³/mol. The van der Waals surface area contributed by atoms with Gasteiger partial charge in [0.05, 0.1) is 0 Å². The molecule has 1 amide bonds. The average Bonchev–Trinajstić information content (AvgIpc) is 2.10. The van der Waals surface area contributed by atoms with Crippen molar-refractivity contribution in [1.29, 1.82) is 0 Å². The molecule has 15 heavy (non-hydrogen) atoms. The van der Waals surface area contributed by atoms with Crippen molar-refractivity contribution in [2.75, 3.05) is 5.32 Å². The molecule has 0 aromatic carbocycles.